The lowest BCUT2D eigenvalue weighted by Gasteiger charge is -2.32. The third kappa shape index (κ3) is 3.17. The van der Waals surface area contributed by atoms with Gasteiger partial charge >= 0.3 is 0 Å². The van der Waals surface area contributed by atoms with Crippen LogP contribution in [0.4, 0.5) is 0 Å². The first-order valence-electron chi connectivity index (χ1n) is 7.37. The highest BCUT2D eigenvalue weighted by atomic mass is 16.2. The maximum Gasteiger partial charge on any atom is 0.253 e. The molecule has 1 saturated carbocycles. The zero-order chi connectivity index (χ0) is 14.9. The Kier molecular flexibility index (Phi) is 4.11. The molecule has 0 aromatic rings. The van der Waals surface area contributed by atoms with Gasteiger partial charge in [0.2, 0.25) is 0 Å². The maximum absolute atomic E-state index is 12.2. The maximum atomic E-state index is 12.2. The molecule has 0 saturated heterocycles. The van der Waals surface area contributed by atoms with Crippen LogP contribution in [-0.2, 0) is 14.4 Å². The monoisotopic (exact) mass is 277 g/mol. The van der Waals surface area contributed by atoms with E-state index in [4.69, 9.17) is 0 Å². The van der Waals surface area contributed by atoms with E-state index in [1.165, 1.54) is 17.1 Å². The third-order valence-corrected chi connectivity index (χ3v) is 4.30. The van der Waals surface area contributed by atoms with Gasteiger partial charge in [0, 0.05) is 30.0 Å². The molecular formula is C16H23NO3. The summed E-state index contributed by atoms with van der Waals surface area (Å²) >= 11 is 0. The van der Waals surface area contributed by atoms with Gasteiger partial charge in [-0.1, -0.05) is 20.8 Å². The second-order valence-electron chi connectivity index (χ2n) is 6.95. The van der Waals surface area contributed by atoms with Crippen LogP contribution in [-0.4, -0.2) is 29.0 Å². The van der Waals surface area contributed by atoms with Crippen LogP contribution in [0.2, 0.25) is 0 Å². The molecule has 0 atom stereocenters. The van der Waals surface area contributed by atoms with Gasteiger partial charge in [-0.25, -0.2) is 0 Å². The lowest BCUT2D eigenvalue weighted by molar-refractivity contribution is -0.138. The summed E-state index contributed by atoms with van der Waals surface area (Å²) in [4.78, 5) is 36.6. The SMILES string of the molecule is CC(C)(C)C(=O)C1CCC(CN2C(=O)C=CC2=O)CC1. The summed E-state index contributed by atoms with van der Waals surface area (Å²) in [5.74, 6) is 0.415. The molecule has 0 aromatic carbocycles. The highest BCUT2D eigenvalue weighted by Gasteiger charge is 2.34. The number of amides is 2. The number of nitrogens with zero attached hydrogens (tertiary/aromatic N) is 1. The summed E-state index contributed by atoms with van der Waals surface area (Å²) in [5, 5.41) is 0. The fourth-order valence-electron chi connectivity index (χ4n) is 3.09. The van der Waals surface area contributed by atoms with E-state index in [-0.39, 0.29) is 23.1 Å². The van der Waals surface area contributed by atoms with Gasteiger partial charge in [0.15, 0.2) is 0 Å². The van der Waals surface area contributed by atoms with E-state index >= 15 is 0 Å². The summed E-state index contributed by atoms with van der Waals surface area (Å²) < 4.78 is 0. The quantitative estimate of drug-likeness (QED) is 0.744. The van der Waals surface area contributed by atoms with Crippen LogP contribution >= 0.6 is 0 Å². The number of Topliss-reactive ketones (excluding diaryl/α,β-unsaturated/α-hetero) is 1. The molecule has 1 heterocycles. The van der Waals surface area contributed by atoms with E-state index < -0.39 is 0 Å². The highest BCUT2D eigenvalue weighted by molar-refractivity contribution is 6.12. The van der Waals surface area contributed by atoms with Crippen molar-refractivity contribution in [2.75, 3.05) is 6.54 Å². The van der Waals surface area contributed by atoms with Crippen LogP contribution in [0.1, 0.15) is 46.5 Å². The molecule has 2 aliphatic rings. The fraction of sp³-hybridized carbons (Fsp3) is 0.688. The number of carbonyl (C=O) groups excluding carboxylic acids is 3. The van der Waals surface area contributed by atoms with Gasteiger partial charge in [0.05, 0.1) is 0 Å². The van der Waals surface area contributed by atoms with Crippen molar-refractivity contribution in [1.82, 2.24) is 4.90 Å². The molecule has 0 bridgehead atoms. The number of imide groups is 1. The molecule has 20 heavy (non-hydrogen) atoms. The molecule has 110 valence electrons. The van der Waals surface area contributed by atoms with Gasteiger partial charge in [-0.2, -0.15) is 0 Å². The molecule has 0 spiro atoms. The minimum atomic E-state index is -0.275. The van der Waals surface area contributed by atoms with Gasteiger partial charge in [-0.3, -0.25) is 19.3 Å². The smallest absolute Gasteiger partial charge is 0.253 e. The van der Waals surface area contributed by atoms with Crippen molar-refractivity contribution in [2.45, 2.75) is 46.5 Å². The zero-order valence-electron chi connectivity index (χ0n) is 12.5. The topological polar surface area (TPSA) is 54.5 Å². The Hall–Kier alpha value is -1.45. The van der Waals surface area contributed by atoms with Crippen LogP contribution < -0.4 is 0 Å². The van der Waals surface area contributed by atoms with Crippen molar-refractivity contribution in [1.29, 1.82) is 0 Å². The summed E-state index contributed by atoms with van der Waals surface area (Å²) in [6.45, 7) is 6.40. The van der Waals surface area contributed by atoms with Gasteiger partial charge < -0.3 is 0 Å². The predicted octanol–water partition coefficient (Wildman–Crippen LogP) is 2.33. The average Bonchev–Trinajstić information content (AvgIpc) is 2.69. The molecule has 0 radical (unpaired) electrons. The molecule has 0 unspecified atom stereocenters. The first kappa shape index (κ1) is 14.9. The fourth-order valence-corrected chi connectivity index (χ4v) is 3.09. The van der Waals surface area contributed by atoms with Crippen molar-refractivity contribution >= 4 is 17.6 Å². The Morgan fingerprint density at radius 2 is 1.60 bits per heavy atom. The van der Waals surface area contributed by atoms with E-state index in [2.05, 4.69) is 0 Å². The van der Waals surface area contributed by atoms with Crippen LogP contribution in [0, 0.1) is 17.3 Å². The Balaban J connectivity index is 1.85. The molecule has 2 rings (SSSR count). The lowest BCUT2D eigenvalue weighted by Crippen LogP contribution is -2.37. The first-order valence-corrected chi connectivity index (χ1v) is 7.37. The highest BCUT2D eigenvalue weighted by Crippen LogP contribution is 2.34. The van der Waals surface area contributed by atoms with Gasteiger partial charge in [0.25, 0.3) is 11.8 Å². The molecule has 1 aliphatic carbocycles. The van der Waals surface area contributed by atoms with Crippen molar-refractivity contribution in [3.05, 3.63) is 12.2 Å². The number of carbonyl (C=O) groups is 3. The second-order valence-corrected chi connectivity index (χ2v) is 6.95. The normalized spacial score (nSPS) is 27.2. The summed E-state index contributed by atoms with van der Waals surface area (Å²) in [6, 6.07) is 0. The van der Waals surface area contributed by atoms with E-state index in [9.17, 15) is 14.4 Å². The molecular weight excluding hydrogens is 254 g/mol. The molecule has 4 heteroatoms. The number of hydrogen-bond acceptors (Lipinski definition) is 3. The van der Waals surface area contributed by atoms with Crippen LogP contribution in [0.5, 0.6) is 0 Å². The molecule has 0 aromatic heterocycles. The van der Waals surface area contributed by atoms with E-state index in [1.807, 2.05) is 20.8 Å². The minimum Gasteiger partial charge on any atom is -0.299 e. The van der Waals surface area contributed by atoms with E-state index in [1.54, 1.807) is 0 Å². The molecule has 0 N–H and O–H groups in total. The molecule has 4 nitrogen and oxygen atoms in total. The molecule has 1 fully saturated rings. The standard InChI is InChI=1S/C16H23NO3/c1-16(2,3)15(20)12-6-4-11(5-7-12)10-17-13(18)8-9-14(17)19/h8-9,11-12H,4-7,10H2,1-3H3. The Labute approximate surface area is 120 Å². The first-order chi connectivity index (χ1) is 9.29. The Morgan fingerprint density at radius 3 is 2.05 bits per heavy atom. The number of ketones is 1. The second kappa shape index (κ2) is 5.51. The van der Waals surface area contributed by atoms with Crippen molar-refractivity contribution in [3.8, 4) is 0 Å². The van der Waals surface area contributed by atoms with Crippen molar-refractivity contribution in [3.63, 3.8) is 0 Å². The largest absolute Gasteiger partial charge is 0.299 e. The van der Waals surface area contributed by atoms with Gasteiger partial charge in [-0.05, 0) is 31.6 Å². The number of rotatable bonds is 3. The average molecular weight is 277 g/mol. The minimum absolute atomic E-state index is 0.148. The predicted molar refractivity (Wildman–Crippen MR) is 75.8 cm³/mol. The molecule has 1 aliphatic heterocycles. The van der Waals surface area contributed by atoms with Crippen LogP contribution in [0.25, 0.3) is 0 Å². The summed E-state index contributed by atoms with van der Waals surface area (Å²) in [6.07, 6.45) is 6.26. The van der Waals surface area contributed by atoms with Crippen LogP contribution in [0.15, 0.2) is 12.2 Å². The van der Waals surface area contributed by atoms with Crippen LogP contribution in [0.3, 0.4) is 0 Å². The van der Waals surface area contributed by atoms with Gasteiger partial charge in [-0.15, -0.1) is 0 Å². The van der Waals surface area contributed by atoms with E-state index in [0.29, 0.717) is 18.2 Å². The molecule has 2 amide bonds. The summed E-state index contributed by atoms with van der Waals surface area (Å²) in [7, 11) is 0. The van der Waals surface area contributed by atoms with E-state index in [0.717, 1.165) is 25.7 Å². The lowest BCUT2D eigenvalue weighted by atomic mass is 9.73. The van der Waals surface area contributed by atoms with Crippen molar-refractivity contribution < 1.29 is 14.4 Å². The Bertz CT molecular complexity index is 433. The summed E-state index contributed by atoms with van der Waals surface area (Å²) in [5.41, 5.74) is -0.275. The van der Waals surface area contributed by atoms with Crippen molar-refractivity contribution in [2.24, 2.45) is 17.3 Å². The third-order valence-electron chi connectivity index (χ3n) is 4.30. The Morgan fingerprint density at radius 1 is 1.10 bits per heavy atom. The zero-order valence-corrected chi connectivity index (χ0v) is 12.5. The van der Waals surface area contributed by atoms with Gasteiger partial charge in [0.1, 0.15) is 5.78 Å². The number of hydrogen-bond donors (Lipinski definition) is 0.